The summed E-state index contributed by atoms with van der Waals surface area (Å²) in [6.45, 7) is 0. The van der Waals surface area contributed by atoms with Crippen LogP contribution in [-0.2, 0) is 0 Å². The van der Waals surface area contributed by atoms with E-state index in [-0.39, 0.29) is 5.75 Å². The highest BCUT2D eigenvalue weighted by atomic mass is 35.5. The number of rotatable bonds is 4. The van der Waals surface area contributed by atoms with E-state index in [0.29, 0.717) is 28.2 Å². The zero-order valence-corrected chi connectivity index (χ0v) is 11.4. The van der Waals surface area contributed by atoms with Crippen molar-refractivity contribution in [2.45, 2.75) is 0 Å². The third kappa shape index (κ3) is 3.16. The summed E-state index contributed by atoms with van der Waals surface area (Å²) in [5.74, 6) is 0.0359. The monoisotopic (exact) mass is 290 g/mol. The summed E-state index contributed by atoms with van der Waals surface area (Å²) in [7, 11) is 1.43. The average Bonchev–Trinajstić information content (AvgIpc) is 2.48. The van der Waals surface area contributed by atoms with Gasteiger partial charge in [0.1, 0.15) is 6.29 Å². The first-order valence-electron chi connectivity index (χ1n) is 5.75. The fourth-order valence-electron chi connectivity index (χ4n) is 1.59. The van der Waals surface area contributed by atoms with E-state index < -0.39 is 5.97 Å². The molecule has 0 radical (unpaired) electrons. The minimum absolute atomic E-state index is 0.248. The Labute approximate surface area is 120 Å². The highest BCUT2D eigenvalue weighted by Crippen LogP contribution is 2.28. The van der Waals surface area contributed by atoms with Gasteiger partial charge in [0.25, 0.3) is 0 Å². The summed E-state index contributed by atoms with van der Waals surface area (Å²) in [6.07, 6.45) is 0.688. The lowest BCUT2D eigenvalue weighted by molar-refractivity contribution is 0.0729. The predicted molar refractivity (Wildman–Crippen MR) is 74.8 cm³/mol. The largest absolute Gasteiger partial charge is 0.493 e. The lowest BCUT2D eigenvalue weighted by atomic mass is 10.2. The molecule has 0 saturated heterocycles. The zero-order chi connectivity index (χ0) is 14.5. The summed E-state index contributed by atoms with van der Waals surface area (Å²) < 4.78 is 10.3. The van der Waals surface area contributed by atoms with E-state index >= 15 is 0 Å². The average molecular weight is 291 g/mol. The van der Waals surface area contributed by atoms with Crippen LogP contribution in [0, 0.1) is 0 Å². The minimum Gasteiger partial charge on any atom is -0.493 e. The molecule has 0 saturated carbocycles. The topological polar surface area (TPSA) is 52.6 Å². The number of hydrogen-bond acceptors (Lipinski definition) is 4. The molecule has 0 fully saturated rings. The van der Waals surface area contributed by atoms with Gasteiger partial charge in [-0.1, -0.05) is 11.6 Å². The summed E-state index contributed by atoms with van der Waals surface area (Å²) in [6, 6.07) is 10.9. The van der Waals surface area contributed by atoms with Gasteiger partial charge >= 0.3 is 5.97 Å². The Kier molecular flexibility index (Phi) is 4.38. The molecule has 0 atom stereocenters. The second kappa shape index (κ2) is 6.21. The summed E-state index contributed by atoms with van der Waals surface area (Å²) in [5, 5.41) is 0.537. The number of halogens is 1. The maximum absolute atomic E-state index is 12.0. The van der Waals surface area contributed by atoms with E-state index in [4.69, 9.17) is 21.1 Å². The van der Waals surface area contributed by atoms with Gasteiger partial charge in [-0.3, -0.25) is 4.79 Å². The van der Waals surface area contributed by atoms with Crippen molar-refractivity contribution >= 4 is 23.9 Å². The van der Waals surface area contributed by atoms with Crippen molar-refractivity contribution in [3.05, 3.63) is 58.6 Å². The van der Waals surface area contributed by atoms with E-state index in [0.717, 1.165) is 0 Å². The first-order chi connectivity index (χ1) is 9.63. The molecular formula is C15H11ClO4. The van der Waals surface area contributed by atoms with E-state index in [1.54, 1.807) is 30.3 Å². The number of hydrogen-bond donors (Lipinski definition) is 0. The lowest BCUT2D eigenvalue weighted by Gasteiger charge is -2.09. The smallest absolute Gasteiger partial charge is 0.343 e. The molecule has 0 amide bonds. The molecule has 0 unspecified atom stereocenters. The number of carbonyl (C=O) groups is 2. The quantitative estimate of drug-likeness (QED) is 0.492. The van der Waals surface area contributed by atoms with Gasteiger partial charge in [0, 0.05) is 10.6 Å². The van der Waals surface area contributed by atoms with Gasteiger partial charge in [0.05, 0.1) is 12.7 Å². The molecule has 0 aliphatic carbocycles. The molecular weight excluding hydrogens is 280 g/mol. The molecule has 0 N–H and O–H groups in total. The first kappa shape index (κ1) is 14.1. The highest BCUT2D eigenvalue weighted by molar-refractivity contribution is 6.30. The third-order valence-corrected chi connectivity index (χ3v) is 2.86. The third-order valence-electron chi connectivity index (χ3n) is 2.61. The molecule has 20 heavy (non-hydrogen) atoms. The van der Waals surface area contributed by atoms with Crippen LogP contribution in [0.2, 0.25) is 5.02 Å². The van der Waals surface area contributed by atoms with Crippen LogP contribution < -0.4 is 9.47 Å². The van der Waals surface area contributed by atoms with Crippen LogP contribution in [0.5, 0.6) is 11.5 Å². The predicted octanol–water partition coefficient (Wildman–Crippen LogP) is 3.38. The van der Waals surface area contributed by atoms with Gasteiger partial charge in [-0.05, 0) is 42.5 Å². The summed E-state index contributed by atoms with van der Waals surface area (Å²) in [5.41, 5.74) is 0.809. The number of methoxy groups -OCH3 is 1. The maximum atomic E-state index is 12.0. The zero-order valence-electron chi connectivity index (χ0n) is 10.6. The summed E-state index contributed by atoms with van der Waals surface area (Å²) >= 11 is 5.75. The Balaban J connectivity index is 2.23. The fraction of sp³-hybridized carbons (Fsp3) is 0.0667. The van der Waals surface area contributed by atoms with Crippen molar-refractivity contribution < 1.29 is 19.1 Å². The van der Waals surface area contributed by atoms with Crippen molar-refractivity contribution in [2.24, 2.45) is 0 Å². The molecule has 102 valence electrons. The highest BCUT2D eigenvalue weighted by Gasteiger charge is 2.12. The summed E-state index contributed by atoms with van der Waals surface area (Å²) in [4.78, 5) is 22.6. The number of esters is 1. The van der Waals surface area contributed by atoms with Crippen molar-refractivity contribution in [2.75, 3.05) is 7.11 Å². The van der Waals surface area contributed by atoms with E-state index in [2.05, 4.69) is 0 Å². The minimum atomic E-state index is -0.529. The second-order valence-corrected chi connectivity index (χ2v) is 4.36. The lowest BCUT2D eigenvalue weighted by Crippen LogP contribution is -2.09. The van der Waals surface area contributed by atoms with Gasteiger partial charge in [0.15, 0.2) is 11.5 Å². The van der Waals surface area contributed by atoms with Crippen LogP contribution >= 0.6 is 11.6 Å². The number of carbonyl (C=O) groups excluding carboxylic acids is 2. The fourth-order valence-corrected chi connectivity index (χ4v) is 1.71. The van der Waals surface area contributed by atoms with E-state index in [1.807, 2.05) is 0 Å². The van der Waals surface area contributed by atoms with Crippen LogP contribution in [0.15, 0.2) is 42.5 Å². The van der Waals surface area contributed by atoms with Crippen LogP contribution in [0.25, 0.3) is 0 Å². The van der Waals surface area contributed by atoms with Gasteiger partial charge in [-0.2, -0.15) is 0 Å². The van der Waals surface area contributed by atoms with Crippen molar-refractivity contribution in [1.29, 1.82) is 0 Å². The first-order valence-corrected chi connectivity index (χ1v) is 6.13. The Morgan fingerprint density at radius 1 is 1.10 bits per heavy atom. The Morgan fingerprint density at radius 3 is 2.40 bits per heavy atom. The molecule has 0 aromatic heterocycles. The molecule has 0 aliphatic rings. The molecule has 2 rings (SSSR count). The molecule has 2 aromatic rings. The second-order valence-electron chi connectivity index (χ2n) is 3.92. The van der Waals surface area contributed by atoms with Crippen molar-refractivity contribution in [3.8, 4) is 11.5 Å². The van der Waals surface area contributed by atoms with Crippen LogP contribution in [0.4, 0.5) is 0 Å². The normalized spacial score (nSPS) is 9.90. The molecule has 2 aromatic carbocycles. The Hall–Kier alpha value is -2.33. The molecule has 0 bridgehead atoms. The molecule has 4 nitrogen and oxygen atoms in total. The van der Waals surface area contributed by atoms with Gasteiger partial charge in [-0.15, -0.1) is 0 Å². The Morgan fingerprint density at radius 2 is 1.80 bits per heavy atom. The van der Waals surface area contributed by atoms with E-state index in [1.165, 1.54) is 19.2 Å². The molecule has 5 heteroatoms. The van der Waals surface area contributed by atoms with Gasteiger partial charge < -0.3 is 9.47 Å². The van der Waals surface area contributed by atoms with Crippen molar-refractivity contribution in [1.82, 2.24) is 0 Å². The van der Waals surface area contributed by atoms with Gasteiger partial charge in [-0.25, -0.2) is 4.79 Å². The molecule has 0 heterocycles. The number of aldehydes is 1. The number of benzene rings is 2. The maximum Gasteiger partial charge on any atom is 0.343 e. The standard InChI is InChI=1S/C15H11ClO4/c1-19-14-8-10(9-17)2-7-13(14)20-15(18)11-3-5-12(16)6-4-11/h2-9H,1H3. The number of ether oxygens (including phenoxy) is 2. The molecule has 0 spiro atoms. The van der Waals surface area contributed by atoms with Gasteiger partial charge in [0.2, 0.25) is 0 Å². The van der Waals surface area contributed by atoms with Crippen LogP contribution in [-0.4, -0.2) is 19.4 Å². The SMILES string of the molecule is COc1cc(C=O)ccc1OC(=O)c1ccc(Cl)cc1. The van der Waals surface area contributed by atoms with Crippen LogP contribution in [0.1, 0.15) is 20.7 Å². The Bertz CT molecular complexity index is 635. The van der Waals surface area contributed by atoms with E-state index in [9.17, 15) is 9.59 Å². The molecule has 0 aliphatic heterocycles. The van der Waals surface area contributed by atoms with Crippen molar-refractivity contribution in [3.63, 3.8) is 0 Å². The van der Waals surface area contributed by atoms with Crippen LogP contribution in [0.3, 0.4) is 0 Å².